The maximum atomic E-state index is 14.9. The fraction of sp³-hybridized carbons (Fsp3) is 0.576. The monoisotopic (exact) mass is 569 g/mol. The zero-order chi connectivity index (χ0) is 29.7. The normalized spacial score (nSPS) is 22.6. The maximum Gasteiger partial charge on any atom is 0.232 e. The molecule has 0 aliphatic carbocycles. The van der Waals surface area contributed by atoms with Crippen molar-refractivity contribution < 1.29 is 22.8 Å². The molecule has 2 atom stereocenters. The minimum atomic E-state index is -0.850. The van der Waals surface area contributed by atoms with Gasteiger partial charge in [0.1, 0.15) is 17.5 Å². The fourth-order valence-corrected chi connectivity index (χ4v) is 6.82. The summed E-state index contributed by atoms with van der Waals surface area (Å²) in [4.78, 5) is 33.1. The molecule has 3 heterocycles. The van der Waals surface area contributed by atoms with Gasteiger partial charge in [-0.2, -0.15) is 0 Å². The van der Waals surface area contributed by atoms with Crippen LogP contribution < -0.4 is 0 Å². The summed E-state index contributed by atoms with van der Waals surface area (Å²) in [6.07, 6.45) is 2.39. The number of piperidine rings is 1. The molecule has 8 heteroatoms. The van der Waals surface area contributed by atoms with Crippen molar-refractivity contribution in [3.8, 4) is 0 Å². The summed E-state index contributed by atoms with van der Waals surface area (Å²) < 4.78 is 43.0. The van der Waals surface area contributed by atoms with Crippen LogP contribution in [0.4, 0.5) is 13.2 Å². The molecule has 2 amide bonds. The number of likely N-dealkylation sites (tertiary alicyclic amines) is 3. The van der Waals surface area contributed by atoms with Gasteiger partial charge in [-0.25, -0.2) is 13.2 Å². The van der Waals surface area contributed by atoms with Crippen LogP contribution in [-0.4, -0.2) is 71.3 Å². The van der Waals surface area contributed by atoms with Crippen molar-refractivity contribution in [3.63, 3.8) is 0 Å². The topological polar surface area (TPSA) is 43.9 Å². The van der Waals surface area contributed by atoms with Gasteiger partial charge in [-0.1, -0.05) is 12.1 Å². The van der Waals surface area contributed by atoms with E-state index in [-0.39, 0.29) is 35.0 Å². The Labute approximate surface area is 241 Å². The Morgan fingerprint density at radius 1 is 0.780 bits per heavy atom. The molecule has 3 fully saturated rings. The number of amides is 2. The van der Waals surface area contributed by atoms with Gasteiger partial charge in [0.05, 0.1) is 11.3 Å². The van der Waals surface area contributed by atoms with E-state index in [0.29, 0.717) is 44.6 Å². The standard InChI is InChI=1S/C33H42F3N3O2/c1-32(2,3)39-19-26(25-10-8-23(35)18-29(25)36)27(20-39)30(40)37-15-11-21(12-16-37)24-9-7-22(34)17-28(24)33(4,5)31(41)38-13-6-14-38/h7-10,17-18,21,26-27H,6,11-16,19-20H2,1-5H3/t26-,27+/m0/s1. The third kappa shape index (κ3) is 5.77. The van der Waals surface area contributed by atoms with Crippen molar-refractivity contribution in [2.75, 3.05) is 39.3 Å². The van der Waals surface area contributed by atoms with E-state index in [0.717, 1.165) is 36.7 Å². The van der Waals surface area contributed by atoms with Gasteiger partial charge in [-0.15, -0.1) is 0 Å². The largest absolute Gasteiger partial charge is 0.342 e. The molecule has 222 valence electrons. The van der Waals surface area contributed by atoms with Crippen LogP contribution in [-0.2, 0) is 15.0 Å². The predicted octanol–water partition coefficient (Wildman–Crippen LogP) is 5.83. The number of halogens is 3. The van der Waals surface area contributed by atoms with Gasteiger partial charge in [0, 0.05) is 56.8 Å². The number of nitrogens with zero attached hydrogens (tertiary/aromatic N) is 3. The second-order valence-corrected chi connectivity index (χ2v) is 13.6. The Kier molecular flexibility index (Phi) is 8.01. The van der Waals surface area contributed by atoms with Gasteiger partial charge < -0.3 is 9.80 Å². The van der Waals surface area contributed by atoms with E-state index >= 15 is 0 Å². The average molecular weight is 570 g/mol. The van der Waals surface area contributed by atoms with Gasteiger partial charge in [-0.3, -0.25) is 14.5 Å². The molecule has 0 aromatic heterocycles. The molecule has 3 aliphatic rings. The number of benzene rings is 2. The molecule has 3 saturated heterocycles. The number of hydrogen-bond donors (Lipinski definition) is 0. The second kappa shape index (κ2) is 11.1. The molecule has 5 rings (SSSR count). The van der Waals surface area contributed by atoms with E-state index < -0.39 is 23.0 Å². The van der Waals surface area contributed by atoms with Gasteiger partial charge in [0.2, 0.25) is 11.8 Å². The minimum absolute atomic E-state index is 0.00320. The van der Waals surface area contributed by atoms with Gasteiger partial charge in [0.15, 0.2) is 0 Å². The Bertz CT molecular complexity index is 1310. The summed E-state index contributed by atoms with van der Waals surface area (Å²) in [7, 11) is 0. The molecule has 2 aromatic carbocycles. The van der Waals surface area contributed by atoms with Crippen molar-refractivity contribution in [3.05, 3.63) is 70.5 Å². The molecule has 5 nitrogen and oxygen atoms in total. The Hall–Kier alpha value is -2.87. The van der Waals surface area contributed by atoms with E-state index in [9.17, 15) is 22.8 Å². The lowest BCUT2D eigenvalue weighted by Gasteiger charge is -2.40. The first-order valence-corrected chi connectivity index (χ1v) is 14.9. The molecule has 2 aromatic rings. The first-order valence-electron chi connectivity index (χ1n) is 14.9. The number of rotatable bonds is 5. The minimum Gasteiger partial charge on any atom is -0.342 e. The molecular formula is C33H42F3N3O2. The summed E-state index contributed by atoms with van der Waals surface area (Å²) in [6.45, 7) is 13.6. The number of carbonyl (C=O) groups is 2. The Morgan fingerprint density at radius 2 is 1.39 bits per heavy atom. The van der Waals surface area contributed by atoms with Crippen LogP contribution in [0, 0.1) is 23.4 Å². The summed E-state index contributed by atoms with van der Waals surface area (Å²) >= 11 is 0. The van der Waals surface area contributed by atoms with Crippen molar-refractivity contribution in [1.82, 2.24) is 14.7 Å². The quantitative estimate of drug-likeness (QED) is 0.455. The molecule has 0 saturated carbocycles. The van der Waals surface area contributed by atoms with Crippen molar-refractivity contribution in [2.45, 2.75) is 76.7 Å². The first kappa shape index (κ1) is 29.6. The lowest BCUT2D eigenvalue weighted by molar-refractivity contribution is -0.139. The van der Waals surface area contributed by atoms with Gasteiger partial charge in [0.25, 0.3) is 0 Å². The summed E-state index contributed by atoms with van der Waals surface area (Å²) in [6, 6.07) is 8.42. The van der Waals surface area contributed by atoms with Crippen LogP contribution in [0.2, 0.25) is 0 Å². The molecular weight excluding hydrogens is 527 g/mol. The number of hydrogen-bond acceptors (Lipinski definition) is 3. The lowest BCUT2D eigenvalue weighted by atomic mass is 9.75. The van der Waals surface area contributed by atoms with E-state index in [2.05, 4.69) is 25.7 Å². The number of carbonyl (C=O) groups excluding carboxylic acids is 2. The molecule has 0 unspecified atom stereocenters. The van der Waals surface area contributed by atoms with Crippen LogP contribution in [0.5, 0.6) is 0 Å². The van der Waals surface area contributed by atoms with Crippen LogP contribution >= 0.6 is 0 Å². The first-order chi connectivity index (χ1) is 19.3. The van der Waals surface area contributed by atoms with E-state index in [4.69, 9.17) is 0 Å². The van der Waals surface area contributed by atoms with E-state index in [1.54, 1.807) is 0 Å². The Morgan fingerprint density at radius 3 is 1.95 bits per heavy atom. The maximum absolute atomic E-state index is 14.9. The highest BCUT2D eigenvalue weighted by Gasteiger charge is 2.45. The van der Waals surface area contributed by atoms with E-state index in [1.165, 1.54) is 24.3 Å². The third-order valence-electron chi connectivity index (χ3n) is 9.56. The summed E-state index contributed by atoms with van der Waals surface area (Å²) in [5.74, 6) is -2.28. The second-order valence-electron chi connectivity index (χ2n) is 13.6. The highest BCUT2D eigenvalue weighted by atomic mass is 19.1. The predicted molar refractivity (Wildman–Crippen MR) is 153 cm³/mol. The average Bonchev–Trinajstić information content (AvgIpc) is 3.33. The smallest absolute Gasteiger partial charge is 0.232 e. The third-order valence-corrected chi connectivity index (χ3v) is 9.56. The zero-order valence-electron chi connectivity index (χ0n) is 24.9. The van der Waals surface area contributed by atoms with Crippen LogP contribution in [0.15, 0.2) is 36.4 Å². The highest BCUT2D eigenvalue weighted by Crippen LogP contribution is 2.41. The molecule has 0 N–H and O–H groups in total. The fourth-order valence-electron chi connectivity index (χ4n) is 6.82. The lowest BCUT2D eigenvalue weighted by Crippen LogP contribution is -2.50. The highest BCUT2D eigenvalue weighted by molar-refractivity contribution is 5.88. The van der Waals surface area contributed by atoms with Gasteiger partial charge in [-0.05, 0) is 94.7 Å². The molecule has 0 spiro atoms. The summed E-state index contributed by atoms with van der Waals surface area (Å²) in [5, 5.41) is 0. The molecule has 0 radical (unpaired) electrons. The van der Waals surface area contributed by atoms with Crippen molar-refractivity contribution in [2.24, 2.45) is 5.92 Å². The molecule has 0 bridgehead atoms. The van der Waals surface area contributed by atoms with Gasteiger partial charge >= 0.3 is 0 Å². The van der Waals surface area contributed by atoms with Crippen LogP contribution in [0.1, 0.15) is 82.4 Å². The van der Waals surface area contributed by atoms with Crippen LogP contribution in [0.3, 0.4) is 0 Å². The van der Waals surface area contributed by atoms with Crippen LogP contribution in [0.25, 0.3) is 0 Å². The SMILES string of the molecule is CC(C)(C(=O)N1CCC1)c1cc(F)ccc1C1CCN(C(=O)[C@@H]2CN(C(C)(C)C)C[C@H]2c2ccc(F)cc2F)CC1. The van der Waals surface area contributed by atoms with Crippen molar-refractivity contribution >= 4 is 11.8 Å². The Balaban J connectivity index is 1.34. The molecule has 3 aliphatic heterocycles. The zero-order valence-corrected chi connectivity index (χ0v) is 24.9. The van der Waals surface area contributed by atoms with E-state index in [1.807, 2.05) is 29.7 Å². The molecule has 41 heavy (non-hydrogen) atoms. The van der Waals surface area contributed by atoms with Crippen molar-refractivity contribution in [1.29, 1.82) is 0 Å². The summed E-state index contributed by atoms with van der Waals surface area (Å²) in [5.41, 5.74) is 1.04.